The van der Waals surface area contributed by atoms with Crippen LogP contribution in [0.2, 0.25) is 0 Å². The molecule has 13 heavy (non-hydrogen) atoms. The molecule has 2 fully saturated rings. The number of amides is 1. The molecule has 1 saturated carbocycles. The fourth-order valence-corrected chi connectivity index (χ4v) is 2.12. The summed E-state index contributed by atoms with van der Waals surface area (Å²) in [4.78, 5) is 13.5. The normalized spacial score (nSPS) is 30.4. The highest BCUT2D eigenvalue weighted by atomic mass is 16.2. The van der Waals surface area contributed by atoms with E-state index in [9.17, 15) is 4.79 Å². The van der Waals surface area contributed by atoms with E-state index in [0.29, 0.717) is 0 Å². The van der Waals surface area contributed by atoms with Gasteiger partial charge in [-0.3, -0.25) is 4.79 Å². The molecule has 1 atom stereocenters. The molecular formula is C10H18N2O. The van der Waals surface area contributed by atoms with E-state index >= 15 is 0 Å². The summed E-state index contributed by atoms with van der Waals surface area (Å²) in [6, 6.07) is 0.115. The van der Waals surface area contributed by atoms with Crippen LogP contribution in [0.3, 0.4) is 0 Å². The first kappa shape index (κ1) is 9.00. The van der Waals surface area contributed by atoms with Crippen LogP contribution in [0.25, 0.3) is 0 Å². The van der Waals surface area contributed by atoms with Crippen molar-refractivity contribution in [3.05, 3.63) is 0 Å². The number of nitrogens with zero attached hydrogens (tertiary/aromatic N) is 1. The molecule has 1 aliphatic carbocycles. The summed E-state index contributed by atoms with van der Waals surface area (Å²) in [5.74, 6) is 1.10. The Morgan fingerprint density at radius 2 is 2.31 bits per heavy atom. The summed E-state index contributed by atoms with van der Waals surface area (Å²) < 4.78 is 0. The van der Waals surface area contributed by atoms with E-state index in [-0.39, 0.29) is 11.9 Å². The number of likely N-dealkylation sites (N-methyl/N-ethyl adjacent to an activating group) is 1. The summed E-state index contributed by atoms with van der Waals surface area (Å²) >= 11 is 0. The molecule has 74 valence electrons. The third-order valence-electron chi connectivity index (χ3n) is 3.31. The molecule has 2 aliphatic rings. The molecule has 1 amide bonds. The summed E-state index contributed by atoms with van der Waals surface area (Å²) in [5, 5.41) is 3.31. The van der Waals surface area contributed by atoms with Crippen LogP contribution in [0.1, 0.15) is 25.7 Å². The van der Waals surface area contributed by atoms with Gasteiger partial charge in [0.05, 0.1) is 6.04 Å². The van der Waals surface area contributed by atoms with Crippen LogP contribution in [0.5, 0.6) is 0 Å². The quantitative estimate of drug-likeness (QED) is 0.678. The van der Waals surface area contributed by atoms with Crippen LogP contribution in [-0.4, -0.2) is 37.0 Å². The van der Waals surface area contributed by atoms with E-state index in [1.54, 1.807) is 0 Å². The fraction of sp³-hybridized carbons (Fsp3) is 0.900. The van der Waals surface area contributed by atoms with Crippen LogP contribution in [0, 0.1) is 5.92 Å². The topological polar surface area (TPSA) is 32.3 Å². The Balaban J connectivity index is 1.85. The van der Waals surface area contributed by atoms with Crippen LogP contribution in [-0.2, 0) is 4.79 Å². The molecule has 1 saturated heterocycles. The first-order valence-corrected chi connectivity index (χ1v) is 5.26. The van der Waals surface area contributed by atoms with Crippen molar-refractivity contribution < 1.29 is 4.79 Å². The zero-order chi connectivity index (χ0) is 9.26. The van der Waals surface area contributed by atoms with E-state index in [2.05, 4.69) is 5.32 Å². The van der Waals surface area contributed by atoms with Gasteiger partial charge in [0, 0.05) is 20.1 Å². The molecule has 1 heterocycles. The van der Waals surface area contributed by atoms with E-state index in [1.165, 1.54) is 19.3 Å². The largest absolute Gasteiger partial charge is 0.343 e. The Labute approximate surface area is 79.5 Å². The van der Waals surface area contributed by atoms with E-state index in [0.717, 1.165) is 25.4 Å². The number of rotatable bonds is 2. The highest BCUT2D eigenvalue weighted by Gasteiger charge is 2.30. The lowest BCUT2D eigenvalue weighted by atomic mass is 9.80. The van der Waals surface area contributed by atoms with Gasteiger partial charge < -0.3 is 10.2 Å². The minimum Gasteiger partial charge on any atom is -0.343 e. The predicted octanol–water partition coefficient (Wildman–Crippen LogP) is 0.607. The van der Waals surface area contributed by atoms with Gasteiger partial charge in [-0.2, -0.15) is 0 Å². The van der Waals surface area contributed by atoms with Gasteiger partial charge >= 0.3 is 0 Å². The van der Waals surface area contributed by atoms with Crippen molar-refractivity contribution in [1.29, 1.82) is 0 Å². The van der Waals surface area contributed by atoms with Gasteiger partial charge in [-0.25, -0.2) is 0 Å². The van der Waals surface area contributed by atoms with Crippen LogP contribution < -0.4 is 5.32 Å². The SMILES string of the molecule is CN1CCN[C@H](CC2CCC2)C1=O. The number of hydrogen-bond acceptors (Lipinski definition) is 2. The molecule has 1 N–H and O–H groups in total. The number of piperazine rings is 1. The molecular weight excluding hydrogens is 164 g/mol. The average Bonchev–Trinajstić information content (AvgIpc) is 2.04. The highest BCUT2D eigenvalue weighted by Crippen LogP contribution is 2.30. The first-order chi connectivity index (χ1) is 6.27. The second-order valence-corrected chi connectivity index (χ2v) is 4.30. The maximum Gasteiger partial charge on any atom is 0.239 e. The first-order valence-electron chi connectivity index (χ1n) is 5.26. The van der Waals surface area contributed by atoms with Crippen LogP contribution >= 0.6 is 0 Å². The van der Waals surface area contributed by atoms with Gasteiger partial charge in [-0.15, -0.1) is 0 Å². The number of carbonyl (C=O) groups is 1. The number of carbonyl (C=O) groups excluding carboxylic acids is 1. The number of hydrogen-bond donors (Lipinski definition) is 1. The monoisotopic (exact) mass is 182 g/mol. The molecule has 0 aromatic heterocycles. The second kappa shape index (κ2) is 3.66. The lowest BCUT2D eigenvalue weighted by molar-refractivity contribution is -0.134. The molecule has 3 nitrogen and oxygen atoms in total. The van der Waals surface area contributed by atoms with Gasteiger partial charge in [0.2, 0.25) is 5.91 Å². The van der Waals surface area contributed by atoms with E-state index < -0.39 is 0 Å². The van der Waals surface area contributed by atoms with Crippen molar-refractivity contribution in [2.24, 2.45) is 5.92 Å². The van der Waals surface area contributed by atoms with Crippen LogP contribution in [0.15, 0.2) is 0 Å². The highest BCUT2D eigenvalue weighted by molar-refractivity contribution is 5.82. The fourth-order valence-electron chi connectivity index (χ4n) is 2.12. The molecule has 1 aliphatic heterocycles. The van der Waals surface area contributed by atoms with Gasteiger partial charge in [0.25, 0.3) is 0 Å². The van der Waals surface area contributed by atoms with Gasteiger partial charge in [-0.05, 0) is 12.3 Å². The Morgan fingerprint density at radius 1 is 1.54 bits per heavy atom. The third kappa shape index (κ3) is 1.85. The molecule has 0 aromatic rings. The summed E-state index contributed by atoms with van der Waals surface area (Å²) in [6.07, 6.45) is 5.08. The third-order valence-corrected chi connectivity index (χ3v) is 3.31. The molecule has 3 heteroatoms. The van der Waals surface area contributed by atoms with Crippen molar-refractivity contribution in [2.45, 2.75) is 31.7 Å². The molecule has 0 aromatic carbocycles. The minimum atomic E-state index is 0.115. The number of nitrogens with one attached hydrogen (secondary N) is 1. The summed E-state index contributed by atoms with van der Waals surface area (Å²) in [5.41, 5.74) is 0. The Hall–Kier alpha value is -0.570. The molecule has 0 bridgehead atoms. The predicted molar refractivity (Wildman–Crippen MR) is 51.4 cm³/mol. The maximum atomic E-state index is 11.7. The van der Waals surface area contributed by atoms with Gasteiger partial charge in [0.1, 0.15) is 0 Å². The molecule has 0 unspecified atom stereocenters. The van der Waals surface area contributed by atoms with Crippen molar-refractivity contribution in [2.75, 3.05) is 20.1 Å². The smallest absolute Gasteiger partial charge is 0.239 e. The Morgan fingerprint density at radius 3 is 2.92 bits per heavy atom. The summed E-state index contributed by atoms with van der Waals surface area (Å²) in [6.45, 7) is 1.82. The van der Waals surface area contributed by atoms with Crippen molar-refractivity contribution in [3.63, 3.8) is 0 Å². The molecule has 0 radical (unpaired) electrons. The zero-order valence-corrected chi connectivity index (χ0v) is 8.25. The lowest BCUT2D eigenvalue weighted by Crippen LogP contribution is -2.54. The molecule has 0 spiro atoms. The van der Waals surface area contributed by atoms with E-state index in [4.69, 9.17) is 0 Å². The standard InChI is InChI=1S/C10H18N2O/c1-12-6-5-11-9(10(12)13)7-8-3-2-4-8/h8-9,11H,2-7H2,1H3/t9-/m1/s1. The molecule has 2 rings (SSSR count). The average molecular weight is 182 g/mol. The maximum absolute atomic E-state index is 11.7. The Kier molecular flexibility index (Phi) is 2.54. The second-order valence-electron chi connectivity index (χ2n) is 4.30. The Bertz CT molecular complexity index is 201. The van der Waals surface area contributed by atoms with Gasteiger partial charge in [-0.1, -0.05) is 19.3 Å². The lowest BCUT2D eigenvalue weighted by Gasteiger charge is -2.35. The summed E-state index contributed by atoms with van der Waals surface area (Å²) in [7, 11) is 1.90. The minimum absolute atomic E-state index is 0.115. The van der Waals surface area contributed by atoms with E-state index in [1.807, 2.05) is 11.9 Å². The van der Waals surface area contributed by atoms with Crippen molar-refractivity contribution >= 4 is 5.91 Å². The van der Waals surface area contributed by atoms with Crippen molar-refractivity contribution in [3.8, 4) is 0 Å². The zero-order valence-electron chi connectivity index (χ0n) is 8.25. The van der Waals surface area contributed by atoms with Gasteiger partial charge in [0.15, 0.2) is 0 Å². The van der Waals surface area contributed by atoms with Crippen molar-refractivity contribution in [1.82, 2.24) is 10.2 Å². The van der Waals surface area contributed by atoms with Crippen LogP contribution in [0.4, 0.5) is 0 Å².